The van der Waals surface area contributed by atoms with Gasteiger partial charge in [0.15, 0.2) is 6.61 Å². The van der Waals surface area contributed by atoms with Crippen molar-refractivity contribution in [3.63, 3.8) is 0 Å². The highest BCUT2D eigenvalue weighted by Gasteiger charge is 2.29. The maximum absolute atomic E-state index is 13.4. The monoisotopic (exact) mass is 484 g/mol. The van der Waals surface area contributed by atoms with Crippen LogP contribution in [0.5, 0.6) is 5.75 Å². The van der Waals surface area contributed by atoms with Gasteiger partial charge in [-0.1, -0.05) is 82.0 Å². The van der Waals surface area contributed by atoms with E-state index in [1.165, 1.54) is 6.42 Å². The number of nitrogens with zero attached hydrogens (tertiary/aromatic N) is 1. The molecule has 0 aromatic heterocycles. The molecule has 2 amide bonds. The van der Waals surface area contributed by atoms with Gasteiger partial charge in [0.25, 0.3) is 5.91 Å². The van der Waals surface area contributed by atoms with Crippen molar-refractivity contribution >= 4 is 23.4 Å². The maximum atomic E-state index is 13.4. The van der Waals surface area contributed by atoms with Crippen LogP contribution in [0.1, 0.15) is 70.9 Å². The molecule has 0 saturated heterocycles. The van der Waals surface area contributed by atoms with Crippen LogP contribution in [0.3, 0.4) is 0 Å². The number of carbonyl (C=O) groups is 2. The van der Waals surface area contributed by atoms with Gasteiger partial charge in [0.2, 0.25) is 5.91 Å². The minimum atomic E-state index is -0.630. The molecule has 34 heavy (non-hydrogen) atoms. The van der Waals surface area contributed by atoms with Crippen LogP contribution in [-0.4, -0.2) is 35.4 Å². The molecular formula is C28H37ClN2O3. The summed E-state index contributed by atoms with van der Waals surface area (Å²) >= 11 is 6.17. The summed E-state index contributed by atoms with van der Waals surface area (Å²) in [6, 6.07) is 14.7. The second kappa shape index (κ2) is 11.7. The Morgan fingerprint density at radius 2 is 1.79 bits per heavy atom. The highest BCUT2D eigenvalue weighted by molar-refractivity contribution is 6.30. The van der Waals surface area contributed by atoms with Crippen LogP contribution >= 0.6 is 11.6 Å². The predicted octanol–water partition coefficient (Wildman–Crippen LogP) is 5.88. The number of carbonyl (C=O) groups excluding carboxylic acids is 2. The Balaban J connectivity index is 1.76. The number of amides is 2. The fraction of sp³-hybridized carbons (Fsp3) is 0.500. The maximum Gasteiger partial charge on any atom is 0.261 e. The minimum absolute atomic E-state index is 0.118. The van der Waals surface area contributed by atoms with Gasteiger partial charge in [-0.2, -0.15) is 0 Å². The number of nitrogens with one attached hydrogen (secondary N) is 1. The van der Waals surface area contributed by atoms with Gasteiger partial charge >= 0.3 is 0 Å². The Kier molecular flexibility index (Phi) is 9.01. The summed E-state index contributed by atoms with van der Waals surface area (Å²) in [6.45, 7) is 8.25. The predicted molar refractivity (Wildman–Crippen MR) is 137 cm³/mol. The van der Waals surface area contributed by atoms with Gasteiger partial charge in [0, 0.05) is 17.6 Å². The largest absolute Gasteiger partial charge is 0.483 e. The normalized spacial score (nSPS) is 15.4. The molecule has 6 heteroatoms. The van der Waals surface area contributed by atoms with Crippen LogP contribution in [0.4, 0.5) is 0 Å². The van der Waals surface area contributed by atoms with Crippen molar-refractivity contribution in [1.82, 2.24) is 10.2 Å². The Bertz CT molecular complexity index is 980. The van der Waals surface area contributed by atoms with Crippen LogP contribution in [0.15, 0.2) is 48.5 Å². The molecule has 0 radical (unpaired) electrons. The van der Waals surface area contributed by atoms with E-state index in [4.69, 9.17) is 16.3 Å². The molecule has 184 valence electrons. The number of hydrogen-bond acceptors (Lipinski definition) is 3. The summed E-state index contributed by atoms with van der Waals surface area (Å²) in [6.07, 6.45) is 5.46. The van der Waals surface area contributed by atoms with E-state index < -0.39 is 6.04 Å². The SMILES string of the molecule is C[C@H](C(=O)NC1CCCCC1)N(Cc1cccc(Cl)c1)C(=O)COc1ccccc1C(C)(C)C. The lowest BCUT2D eigenvalue weighted by Gasteiger charge is -2.31. The van der Waals surface area contributed by atoms with Crippen LogP contribution < -0.4 is 10.1 Å². The summed E-state index contributed by atoms with van der Waals surface area (Å²) < 4.78 is 6.00. The third-order valence-electron chi connectivity index (χ3n) is 6.41. The van der Waals surface area contributed by atoms with Gasteiger partial charge in [0.05, 0.1) is 0 Å². The van der Waals surface area contributed by atoms with Crippen LogP contribution in [-0.2, 0) is 21.5 Å². The highest BCUT2D eigenvalue weighted by Crippen LogP contribution is 2.31. The molecule has 1 saturated carbocycles. The smallest absolute Gasteiger partial charge is 0.261 e. The fourth-order valence-corrected chi connectivity index (χ4v) is 4.63. The third-order valence-corrected chi connectivity index (χ3v) is 6.64. The fourth-order valence-electron chi connectivity index (χ4n) is 4.42. The Morgan fingerprint density at radius 3 is 2.47 bits per heavy atom. The standard InChI is InChI=1S/C28H37ClN2O3/c1-20(27(33)30-23-13-6-5-7-14-23)31(18-21-11-10-12-22(29)17-21)26(32)19-34-25-16-9-8-15-24(25)28(2,3)4/h8-12,15-17,20,23H,5-7,13-14,18-19H2,1-4H3,(H,30,33)/t20-/m1/s1. The second-order valence-corrected chi connectivity index (χ2v) is 10.6. The topological polar surface area (TPSA) is 58.6 Å². The molecule has 3 rings (SSSR count). The van der Waals surface area contributed by atoms with E-state index in [0.717, 1.165) is 36.8 Å². The number of halogens is 1. The lowest BCUT2D eigenvalue weighted by Crippen LogP contribution is -2.51. The van der Waals surface area contributed by atoms with E-state index >= 15 is 0 Å². The molecule has 1 aliphatic carbocycles. The van der Waals surface area contributed by atoms with Crippen molar-refractivity contribution in [3.8, 4) is 5.75 Å². The van der Waals surface area contributed by atoms with Crippen molar-refractivity contribution in [2.45, 2.75) is 83.8 Å². The zero-order chi connectivity index (χ0) is 24.7. The number of para-hydroxylation sites is 1. The van der Waals surface area contributed by atoms with E-state index in [1.807, 2.05) is 42.5 Å². The lowest BCUT2D eigenvalue weighted by atomic mass is 9.86. The molecule has 2 aromatic rings. The number of rotatable bonds is 8. The van der Waals surface area contributed by atoms with Crippen LogP contribution in [0.2, 0.25) is 5.02 Å². The van der Waals surface area contributed by atoms with Gasteiger partial charge in [-0.3, -0.25) is 9.59 Å². The quantitative estimate of drug-likeness (QED) is 0.508. The summed E-state index contributed by atoms with van der Waals surface area (Å²) in [7, 11) is 0. The number of benzene rings is 2. The van der Waals surface area contributed by atoms with Gasteiger partial charge in [0.1, 0.15) is 11.8 Å². The molecule has 0 aliphatic heterocycles. The summed E-state index contributed by atoms with van der Waals surface area (Å²) in [4.78, 5) is 28.1. The lowest BCUT2D eigenvalue weighted by molar-refractivity contribution is -0.142. The van der Waals surface area contributed by atoms with Crippen LogP contribution in [0, 0.1) is 0 Å². The molecule has 1 atom stereocenters. The van der Waals surface area contributed by atoms with Crippen molar-refractivity contribution in [2.24, 2.45) is 0 Å². The first-order chi connectivity index (χ1) is 16.1. The summed E-state index contributed by atoms with van der Waals surface area (Å²) in [5.74, 6) is 0.317. The van der Waals surface area contributed by atoms with Gasteiger partial charge in [-0.05, 0) is 54.5 Å². The first-order valence-corrected chi connectivity index (χ1v) is 12.6. The van der Waals surface area contributed by atoms with Gasteiger partial charge < -0.3 is 15.0 Å². The minimum Gasteiger partial charge on any atom is -0.483 e. The first kappa shape index (κ1) is 26.1. The molecular weight excluding hydrogens is 448 g/mol. The number of hydrogen-bond donors (Lipinski definition) is 1. The van der Waals surface area contributed by atoms with Crippen LogP contribution in [0.25, 0.3) is 0 Å². The van der Waals surface area contributed by atoms with Crippen molar-refractivity contribution in [3.05, 3.63) is 64.7 Å². The van der Waals surface area contributed by atoms with E-state index in [1.54, 1.807) is 17.9 Å². The van der Waals surface area contributed by atoms with Gasteiger partial charge in [-0.15, -0.1) is 0 Å². The molecule has 0 spiro atoms. The second-order valence-electron chi connectivity index (χ2n) is 10.2. The summed E-state index contributed by atoms with van der Waals surface area (Å²) in [5.41, 5.74) is 1.79. The molecule has 0 heterocycles. The average Bonchev–Trinajstić information content (AvgIpc) is 2.81. The van der Waals surface area contributed by atoms with E-state index in [-0.39, 0.29) is 36.4 Å². The van der Waals surface area contributed by atoms with E-state index in [9.17, 15) is 9.59 Å². The van der Waals surface area contributed by atoms with Gasteiger partial charge in [-0.25, -0.2) is 0 Å². The van der Waals surface area contributed by atoms with Crippen molar-refractivity contribution in [2.75, 3.05) is 6.61 Å². The van der Waals surface area contributed by atoms with E-state index in [2.05, 4.69) is 26.1 Å². The Morgan fingerprint density at radius 1 is 1.09 bits per heavy atom. The zero-order valence-electron chi connectivity index (χ0n) is 20.8. The Labute approximate surface area is 208 Å². The zero-order valence-corrected chi connectivity index (χ0v) is 21.5. The highest BCUT2D eigenvalue weighted by atomic mass is 35.5. The van der Waals surface area contributed by atoms with Crippen molar-refractivity contribution in [1.29, 1.82) is 0 Å². The summed E-state index contributed by atoms with van der Waals surface area (Å²) in [5, 5.41) is 3.75. The number of ether oxygens (including phenoxy) is 1. The molecule has 1 fully saturated rings. The first-order valence-electron chi connectivity index (χ1n) is 12.2. The Hall–Kier alpha value is -2.53. The molecule has 0 unspecified atom stereocenters. The van der Waals surface area contributed by atoms with E-state index in [0.29, 0.717) is 10.8 Å². The molecule has 5 nitrogen and oxygen atoms in total. The molecule has 1 aliphatic rings. The average molecular weight is 485 g/mol. The molecule has 0 bridgehead atoms. The molecule has 1 N–H and O–H groups in total. The van der Waals surface area contributed by atoms with Crippen molar-refractivity contribution < 1.29 is 14.3 Å². The third kappa shape index (κ3) is 7.23. The molecule has 2 aromatic carbocycles.